The molecule has 0 atom stereocenters. The molecule has 0 aliphatic carbocycles. The molecule has 1 aromatic heterocycles. The number of rotatable bonds is 3. The molecular weight excluding hydrogens is 407 g/mol. The molecule has 0 unspecified atom stereocenters. The first kappa shape index (κ1) is 22.5. The van der Waals surface area contributed by atoms with Crippen LogP contribution in [0.4, 0.5) is 0 Å². The van der Waals surface area contributed by atoms with Gasteiger partial charge >= 0.3 is 29.6 Å². The zero-order chi connectivity index (χ0) is 20.3. The van der Waals surface area contributed by atoms with Gasteiger partial charge in [0.2, 0.25) is 5.88 Å². The van der Waals surface area contributed by atoms with E-state index in [1.54, 1.807) is 26.8 Å². The quantitative estimate of drug-likeness (QED) is 0.576. The number of ketones is 1. The zero-order valence-electron chi connectivity index (χ0n) is 16.0. The van der Waals surface area contributed by atoms with Crippen molar-refractivity contribution < 1.29 is 27.8 Å². The molecule has 1 aromatic carbocycles. The minimum absolute atomic E-state index is 0. The third-order valence-electron chi connectivity index (χ3n) is 5.47. The van der Waals surface area contributed by atoms with Crippen LogP contribution >= 0.6 is 0 Å². The molecule has 29 heavy (non-hydrogen) atoms. The normalized spacial score (nSPS) is 19.0. The summed E-state index contributed by atoms with van der Waals surface area (Å²) < 4.78 is 38.6. The van der Waals surface area contributed by atoms with Crippen molar-refractivity contribution in [2.45, 2.75) is 44.4 Å². The van der Waals surface area contributed by atoms with Gasteiger partial charge in [0, 0.05) is 24.1 Å². The summed E-state index contributed by atoms with van der Waals surface area (Å²) in [5.74, 6) is -1.85. The molecule has 4 rings (SSSR count). The number of benzene rings is 1. The Morgan fingerprint density at radius 3 is 2.52 bits per heavy atom. The molecule has 152 valence electrons. The zero-order valence-corrected chi connectivity index (χ0v) is 16.8. The fraction of sp³-hybridized carbons (Fsp3) is 0.474. The van der Waals surface area contributed by atoms with Crippen LogP contribution in [0.25, 0.3) is 0 Å². The predicted octanol–water partition coefficient (Wildman–Crippen LogP) is 1.18. The number of carbonyl (C=O) groups is 1. The first-order chi connectivity index (χ1) is 13.2. The van der Waals surface area contributed by atoms with Crippen LogP contribution in [0.1, 0.15) is 46.0 Å². The van der Waals surface area contributed by atoms with E-state index in [-0.39, 0.29) is 58.1 Å². The van der Waals surface area contributed by atoms with Crippen molar-refractivity contribution in [2.75, 3.05) is 19.0 Å². The van der Waals surface area contributed by atoms with Crippen LogP contribution in [0, 0.1) is 13.8 Å². The molecule has 1 fully saturated rings. The van der Waals surface area contributed by atoms with Crippen LogP contribution < -0.4 is 0 Å². The van der Waals surface area contributed by atoms with Gasteiger partial charge in [-0.3, -0.25) is 4.79 Å². The third-order valence-corrected chi connectivity index (χ3v) is 7.36. The average Bonchev–Trinajstić information content (AvgIpc) is 3.27. The number of hydrogen-bond donors (Lipinski definition) is 1. The van der Waals surface area contributed by atoms with E-state index in [4.69, 9.17) is 9.47 Å². The Kier molecular flexibility index (Phi) is 6.03. The van der Waals surface area contributed by atoms with Crippen molar-refractivity contribution in [2.24, 2.45) is 0 Å². The molecule has 2 aliphatic rings. The molecule has 1 spiro atoms. The summed E-state index contributed by atoms with van der Waals surface area (Å²) in [6.07, 6.45) is 1.50. The number of fused-ring (bicyclic) bond motifs is 2. The van der Waals surface area contributed by atoms with Gasteiger partial charge in [-0.2, -0.15) is 5.10 Å². The minimum atomic E-state index is -3.51. The number of nitrogens with zero attached hydrogens (tertiary/aromatic N) is 2. The Balaban J connectivity index is 0.00000240. The molecule has 2 aliphatic heterocycles. The number of hydrogen-bond acceptors (Lipinski definition) is 7. The van der Waals surface area contributed by atoms with E-state index in [0.717, 1.165) is 0 Å². The fourth-order valence-corrected chi connectivity index (χ4v) is 6.05. The van der Waals surface area contributed by atoms with Crippen molar-refractivity contribution in [3.63, 3.8) is 0 Å². The maximum absolute atomic E-state index is 13.2. The second kappa shape index (κ2) is 7.79. The first-order valence-electron chi connectivity index (χ1n) is 9.16. The molecular formula is C19H23N2NaO6S. The topological polar surface area (TPSA) is 108 Å². The van der Waals surface area contributed by atoms with Gasteiger partial charge in [-0.1, -0.05) is 0 Å². The van der Waals surface area contributed by atoms with Gasteiger partial charge in [0.05, 0.1) is 30.1 Å². The number of ether oxygens (including phenoxy) is 2. The predicted molar refractivity (Wildman–Crippen MR) is 106 cm³/mol. The molecule has 10 heteroatoms. The summed E-state index contributed by atoms with van der Waals surface area (Å²) in [6, 6.07) is 1.56. The van der Waals surface area contributed by atoms with Gasteiger partial charge in [-0.25, -0.2) is 13.1 Å². The second-order valence-electron chi connectivity index (χ2n) is 7.12. The van der Waals surface area contributed by atoms with Crippen molar-refractivity contribution in [3.8, 4) is 5.88 Å². The van der Waals surface area contributed by atoms with Gasteiger partial charge in [-0.05, 0) is 38.0 Å². The van der Waals surface area contributed by atoms with Crippen LogP contribution in [0.15, 0.2) is 17.2 Å². The molecule has 8 nitrogen and oxygen atoms in total. The summed E-state index contributed by atoms with van der Waals surface area (Å²) in [6.45, 7) is 6.31. The Morgan fingerprint density at radius 2 is 1.93 bits per heavy atom. The van der Waals surface area contributed by atoms with E-state index >= 15 is 0 Å². The van der Waals surface area contributed by atoms with E-state index in [9.17, 15) is 18.3 Å². The van der Waals surface area contributed by atoms with Crippen LogP contribution in [-0.2, 0) is 31.6 Å². The Labute approximate surface area is 191 Å². The average molecular weight is 430 g/mol. The SMILES string of the molecule is CCn1ncc(C(=O)c2cc(C)c3c(c2C)C2(CCS3(=O)=O)OCCO2)c1O.[NaH]. The Morgan fingerprint density at radius 1 is 1.28 bits per heavy atom. The van der Waals surface area contributed by atoms with E-state index in [0.29, 0.717) is 42.0 Å². The number of aromatic hydroxyl groups is 1. The summed E-state index contributed by atoms with van der Waals surface area (Å²) >= 11 is 0. The molecule has 1 N–H and O–H groups in total. The van der Waals surface area contributed by atoms with Crippen LogP contribution in [0.2, 0.25) is 0 Å². The first-order valence-corrected chi connectivity index (χ1v) is 10.8. The second-order valence-corrected chi connectivity index (χ2v) is 9.16. The molecule has 0 amide bonds. The molecule has 2 aromatic rings. The molecule has 0 radical (unpaired) electrons. The van der Waals surface area contributed by atoms with E-state index < -0.39 is 21.4 Å². The van der Waals surface area contributed by atoms with Crippen molar-refractivity contribution >= 4 is 45.2 Å². The van der Waals surface area contributed by atoms with Crippen molar-refractivity contribution in [1.29, 1.82) is 0 Å². The molecule has 3 heterocycles. The maximum atomic E-state index is 13.2. The van der Waals surface area contributed by atoms with Gasteiger partial charge < -0.3 is 14.6 Å². The Hall–Kier alpha value is -1.23. The van der Waals surface area contributed by atoms with E-state index in [1.807, 2.05) is 0 Å². The Bertz CT molecular complexity index is 1090. The third kappa shape index (κ3) is 3.37. The van der Waals surface area contributed by atoms with Crippen LogP contribution in [-0.4, -0.2) is 77.6 Å². The molecule has 1 saturated heterocycles. The van der Waals surface area contributed by atoms with Crippen molar-refractivity contribution in [3.05, 3.63) is 40.1 Å². The van der Waals surface area contributed by atoms with E-state index in [2.05, 4.69) is 5.10 Å². The van der Waals surface area contributed by atoms with Gasteiger partial charge in [-0.15, -0.1) is 0 Å². The molecule has 0 bridgehead atoms. The summed E-state index contributed by atoms with van der Waals surface area (Å²) in [4.78, 5) is 13.4. The van der Waals surface area contributed by atoms with Gasteiger partial charge in [0.1, 0.15) is 5.56 Å². The summed E-state index contributed by atoms with van der Waals surface area (Å²) in [7, 11) is -3.51. The monoisotopic (exact) mass is 430 g/mol. The number of aromatic nitrogens is 2. The molecule has 0 saturated carbocycles. The van der Waals surface area contributed by atoms with Crippen LogP contribution in [0.5, 0.6) is 5.88 Å². The standard InChI is InChI=1S/C19H22N2O6S.Na.H/c1-4-21-18(23)14(10-20-21)16(22)13-9-11(2)17-15(12(13)3)19(26-6-7-27-19)5-8-28(17,24)25;;/h9-10,23H,4-8H2,1-3H3;;. The fourth-order valence-electron chi connectivity index (χ4n) is 4.14. The van der Waals surface area contributed by atoms with Crippen molar-refractivity contribution in [1.82, 2.24) is 9.78 Å². The van der Waals surface area contributed by atoms with Gasteiger partial charge in [0.25, 0.3) is 0 Å². The van der Waals surface area contributed by atoms with Crippen LogP contribution in [0.3, 0.4) is 0 Å². The number of sulfone groups is 1. The number of aryl methyl sites for hydroxylation is 2. The van der Waals surface area contributed by atoms with Gasteiger partial charge in [0.15, 0.2) is 21.4 Å². The van der Waals surface area contributed by atoms with E-state index in [1.165, 1.54) is 10.9 Å². The summed E-state index contributed by atoms with van der Waals surface area (Å²) in [5.41, 5.74) is 1.73. The number of carbonyl (C=O) groups excluding carboxylic acids is 1. The summed E-state index contributed by atoms with van der Waals surface area (Å²) in [5, 5.41) is 14.3.